The molecule has 0 aliphatic rings. The van der Waals surface area contributed by atoms with E-state index in [9.17, 15) is 0 Å². The van der Waals surface area contributed by atoms with Gasteiger partial charge in [0, 0.05) is 3.57 Å². The maximum Gasteiger partial charge on any atom is 0.0574 e. The lowest BCUT2D eigenvalue weighted by Crippen LogP contribution is -2.17. The Hall–Kier alpha value is -0.580. The van der Waals surface area contributed by atoms with Crippen LogP contribution >= 0.6 is 34.2 Å². The van der Waals surface area contributed by atoms with Gasteiger partial charge in [0.25, 0.3) is 0 Å². The average Bonchev–Trinajstić information content (AvgIpc) is 2.44. The second-order valence-electron chi connectivity index (χ2n) is 4.49. The first-order chi connectivity index (χ1) is 9.15. The van der Waals surface area contributed by atoms with E-state index in [0.29, 0.717) is 0 Å². The molecular formula is C16H17ClIN. The van der Waals surface area contributed by atoms with E-state index in [1.807, 2.05) is 13.1 Å². The zero-order valence-corrected chi connectivity index (χ0v) is 14.0. The molecule has 0 aliphatic carbocycles. The third kappa shape index (κ3) is 3.50. The Bertz CT molecular complexity index is 568. The molecule has 0 amide bonds. The summed E-state index contributed by atoms with van der Waals surface area (Å²) in [4.78, 5) is 0. The summed E-state index contributed by atoms with van der Waals surface area (Å²) in [5, 5.41) is 4.18. The highest BCUT2D eigenvalue weighted by molar-refractivity contribution is 14.1. The van der Waals surface area contributed by atoms with Crippen molar-refractivity contribution in [3.63, 3.8) is 0 Å². The van der Waals surface area contributed by atoms with E-state index < -0.39 is 0 Å². The zero-order chi connectivity index (χ0) is 13.8. The van der Waals surface area contributed by atoms with Gasteiger partial charge in [-0.1, -0.05) is 48.9 Å². The smallest absolute Gasteiger partial charge is 0.0574 e. The van der Waals surface area contributed by atoms with Crippen LogP contribution in [0.1, 0.15) is 29.7 Å². The summed E-state index contributed by atoms with van der Waals surface area (Å²) < 4.78 is 1.08. The Labute approximate surface area is 133 Å². The van der Waals surface area contributed by atoms with Crippen LogP contribution in [-0.2, 0) is 6.42 Å². The van der Waals surface area contributed by atoms with Gasteiger partial charge in [-0.15, -0.1) is 0 Å². The number of rotatable bonds is 4. The fourth-order valence-electron chi connectivity index (χ4n) is 2.21. The number of benzene rings is 2. The van der Waals surface area contributed by atoms with E-state index in [4.69, 9.17) is 11.6 Å². The van der Waals surface area contributed by atoms with Crippen LogP contribution in [0.25, 0.3) is 0 Å². The molecule has 0 saturated heterocycles. The van der Waals surface area contributed by atoms with Crippen LogP contribution in [0.4, 0.5) is 0 Å². The molecular weight excluding hydrogens is 369 g/mol. The van der Waals surface area contributed by atoms with Crippen LogP contribution in [0.5, 0.6) is 0 Å². The second-order valence-corrected chi connectivity index (χ2v) is 6.06. The highest BCUT2D eigenvalue weighted by Gasteiger charge is 2.13. The molecule has 0 aromatic heterocycles. The number of hydrogen-bond donors (Lipinski definition) is 1. The summed E-state index contributed by atoms with van der Waals surface area (Å²) in [5.74, 6) is 0. The normalized spacial score (nSPS) is 12.4. The van der Waals surface area contributed by atoms with Crippen molar-refractivity contribution < 1.29 is 0 Å². The molecule has 0 heterocycles. The molecule has 19 heavy (non-hydrogen) atoms. The minimum Gasteiger partial charge on any atom is -0.309 e. The van der Waals surface area contributed by atoms with Crippen molar-refractivity contribution in [2.24, 2.45) is 0 Å². The third-order valence-corrected chi connectivity index (χ3v) is 4.83. The van der Waals surface area contributed by atoms with E-state index >= 15 is 0 Å². The van der Waals surface area contributed by atoms with Crippen LogP contribution < -0.4 is 5.32 Å². The first kappa shape index (κ1) is 14.8. The summed E-state index contributed by atoms with van der Waals surface area (Å²) >= 11 is 8.48. The van der Waals surface area contributed by atoms with Gasteiger partial charge in [0.1, 0.15) is 0 Å². The molecule has 0 fully saturated rings. The summed E-state index contributed by atoms with van der Waals surface area (Å²) in [5.41, 5.74) is 3.83. The molecule has 0 saturated carbocycles. The molecule has 0 radical (unpaired) electrons. The molecule has 0 spiro atoms. The van der Waals surface area contributed by atoms with Crippen LogP contribution in [-0.4, -0.2) is 7.05 Å². The van der Waals surface area contributed by atoms with Crippen molar-refractivity contribution >= 4 is 34.2 Å². The molecule has 2 rings (SSSR count). The molecule has 2 aromatic rings. The lowest BCUT2D eigenvalue weighted by atomic mass is 9.97. The first-order valence-corrected chi connectivity index (χ1v) is 7.82. The predicted molar refractivity (Wildman–Crippen MR) is 90.9 cm³/mol. The van der Waals surface area contributed by atoms with Gasteiger partial charge in [0.15, 0.2) is 0 Å². The van der Waals surface area contributed by atoms with Gasteiger partial charge in [-0.2, -0.15) is 0 Å². The molecule has 0 aliphatic heterocycles. The van der Waals surface area contributed by atoms with E-state index in [-0.39, 0.29) is 6.04 Å². The minimum absolute atomic E-state index is 0.181. The Morgan fingerprint density at radius 2 is 1.89 bits per heavy atom. The Morgan fingerprint density at radius 3 is 2.53 bits per heavy atom. The molecule has 100 valence electrons. The summed E-state index contributed by atoms with van der Waals surface area (Å²) in [6.07, 6.45) is 1.05. The van der Waals surface area contributed by atoms with E-state index in [0.717, 1.165) is 15.0 Å². The van der Waals surface area contributed by atoms with Crippen molar-refractivity contribution in [3.05, 3.63) is 67.7 Å². The van der Waals surface area contributed by atoms with Gasteiger partial charge >= 0.3 is 0 Å². The van der Waals surface area contributed by atoms with Gasteiger partial charge in [0.05, 0.1) is 11.1 Å². The summed E-state index contributed by atoms with van der Waals surface area (Å²) in [7, 11) is 1.98. The minimum atomic E-state index is 0.181. The largest absolute Gasteiger partial charge is 0.309 e. The Kier molecular flexibility index (Phi) is 5.25. The third-order valence-electron chi connectivity index (χ3n) is 3.26. The lowest BCUT2D eigenvalue weighted by Gasteiger charge is -2.18. The standard InChI is InChI=1S/C16H17ClIN/c1-3-11-5-4-6-12(9-11)16(19-2)13-7-8-15(18)14(17)10-13/h4-10,16,19H,3H2,1-2H3. The maximum absolute atomic E-state index is 6.23. The van der Waals surface area contributed by atoms with Crippen molar-refractivity contribution in [1.29, 1.82) is 0 Å². The number of nitrogens with one attached hydrogen (secondary N) is 1. The summed E-state index contributed by atoms with van der Waals surface area (Å²) in [6.45, 7) is 2.18. The van der Waals surface area contributed by atoms with Crippen LogP contribution in [0.3, 0.4) is 0 Å². The van der Waals surface area contributed by atoms with Crippen LogP contribution in [0.15, 0.2) is 42.5 Å². The van der Waals surface area contributed by atoms with Gasteiger partial charge < -0.3 is 5.32 Å². The molecule has 3 heteroatoms. The van der Waals surface area contributed by atoms with Crippen molar-refractivity contribution in [2.75, 3.05) is 7.05 Å². The van der Waals surface area contributed by atoms with Gasteiger partial charge in [-0.05, 0) is 64.9 Å². The van der Waals surface area contributed by atoms with E-state index in [2.05, 4.69) is 71.2 Å². The molecule has 1 nitrogen and oxygen atoms in total. The highest BCUT2D eigenvalue weighted by atomic mass is 127. The molecule has 2 aromatic carbocycles. The van der Waals surface area contributed by atoms with E-state index in [1.165, 1.54) is 16.7 Å². The summed E-state index contributed by atoms with van der Waals surface area (Å²) in [6, 6.07) is 15.1. The fourth-order valence-corrected chi connectivity index (χ4v) is 2.73. The molecule has 1 atom stereocenters. The Balaban J connectivity index is 2.40. The van der Waals surface area contributed by atoms with Crippen molar-refractivity contribution in [1.82, 2.24) is 5.32 Å². The van der Waals surface area contributed by atoms with Crippen LogP contribution in [0, 0.1) is 3.57 Å². The highest BCUT2D eigenvalue weighted by Crippen LogP contribution is 2.27. The van der Waals surface area contributed by atoms with Gasteiger partial charge in [-0.25, -0.2) is 0 Å². The number of aryl methyl sites for hydroxylation is 1. The fraction of sp³-hybridized carbons (Fsp3) is 0.250. The number of halogens is 2. The van der Waals surface area contributed by atoms with Crippen LogP contribution in [0.2, 0.25) is 5.02 Å². The average molecular weight is 386 g/mol. The molecule has 0 bridgehead atoms. The quantitative estimate of drug-likeness (QED) is 0.744. The van der Waals surface area contributed by atoms with Gasteiger partial charge in [0.2, 0.25) is 0 Å². The van der Waals surface area contributed by atoms with Crippen molar-refractivity contribution in [2.45, 2.75) is 19.4 Å². The number of hydrogen-bond acceptors (Lipinski definition) is 1. The van der Waals surface area contributed by atoms with Gasteiger partial charge in [-0.3, -0.25) is 0 Å². The van der Waals surface area contributed by atoms with E-state index in [1.54, 1.807) is 0 Å². The molecule has 1 unspecified atom stereocenters. The SMILES string of the molecule is CCc1cccc(C(NC)c2ccc(I)c(Cl)c2)c1. The van der Waals surface area contributed by atoms with Crippen molar-refractivity contribution in [3.8, 4) is 0 Å². The lowest BCUT2D eigenvalue weighted by molar-refractivity contribution is 0.690. The first-order valence-electron chi connectivity index (χ1n) is 6.36. The monoisotopic (exact) mass is 385 g/mol. The topological polar surface area (TPSA) is 12.0 Å². The molecule has 1 N–H and O–H groups in total. The second kappa shape index (κ2) is 6.73. The predicted octanol–water partition coefficient (Wildman–Crippen LogP) is 4.82. The Morgan fingerprint density at radius 1 is 1.16 bits per heavy atom. The maximum atomic E-state index is 6.23. The zero-order valence-electron chi connectivity index (χ0n) is 11.1.